The number of para-hydroxylation sites is 1. The zero-order chi connectivity index (χ0) is 19.2. The van der Waals surface area contributed by atoms with Crippen LogP contribution in [0.15, 0.2) is 63.8 Å². The van der Waals surface area contributed by atoms with Gasteiger partial charge < -0.3 is 19.1 Å². The van der Waals surface area contributed by atoms with Gasteiger partial charge in [0.15, 0.2) is 12.4 Å². The van der Waals surface area contributed by atoms with Crippen molar-refractivity contribution in [2.24, 2.45) is 0 Å². The third kappa shape index (κ3) is 4.35. The van der Waals surface area contributed by atoms with Gasteiger partial charge in [-0.2, -0.15) is 4.98 Å². The van der Waals surface area contributed by atoms with Crippen LogP contribution >= 0.6 is 0 Å². The van der Waals surface area contributed by atoms with Crippen molar-refractivity contribution in [1.82, 2.24) is 20.3 Å². The van der Waals surface area contributed by atoms with Crippen LogP contribution in [0.1, 0.15) is 24.2 Å². The summed E-state index contributed by atoms with van der Waals surface area (Å²) in [5.41, 5.74) is 1.67. The number of nitrogens with zero attached hydrogens (tertiary/aromatic N) is 4. The maximum atomic E-state index is 5.62. The first-order chi connectivity index (χ1) is 13.8. The van der Waals surface area contributed by atoms with Crippen molar-refractivity contribution in [3.63, 3.8) is 0 Å². The number of hydrogen-bond acceptors (Lipinski definition) is 8. The summed E-state index contributed by atoms with van der Waals surface area (Å²) >= 11 is 0. The van der Waals surface area contributed by atoms with Gasteiger partial charge in [0.2, 0.25) is 5.82 Å². The van der Waals surface area contributed by atoms with Crippen molar-refractivity contribution in [2.75, 3.05) is 5.32 Å². The number of hydrogen-bond donors (Lipinski definition) is 1. The Labute approximate surface area is 161 Å². The standard InChI is InChI=1S/C20H19N5O3/c1-2-15-10-17(27-24-15)12-22-18-9-8-14(11-21-18)20-23-19(25-28-20)13-26-16-6-4-3-5-7-16/h3-11H,2,12-13H2,1H3,(H,21,22). The lowest BCUT2D eigenvalue weighted by atomic mass is 10.3. The molecule has 142 valence electrons. The van der Waals surface area contributed by atoms with Gasteiger partial charge in [-0.15, -0.1) is 0 Å². The normalized spacial score (nSPS) is 10.8. The molecule has 0 fully saturated rings. The second kappa shape index (κ2) is 8.34. The van der Waals surface area contributed by atoms with Gasteiger partial charge in [-0.25, -0.2) is 4.98 Å². The first kappa shape index (κ1) is 17.7. The molecule has 0 atom stereocenters. The number of anilines is 1. The maximum absolute atomic E-state index is 5.62. The van der Waals surface area contributed by atoms with E-state index in [1.165, 1.54) is 0 Å². The van der Waals surface area contributed by atoms with Crippen LogP contribution < -0.4 is 10.1 Å². The summed E-state index contributed by atoms with van der Waals surface area (Å²) in [6, 6.07) is 15.1. The minimum atomic E-state index is 0.234. The second-order valence-corrected chi connectivity index (χ2v) is 6.04. The minimum absolute atomic E-state index is 0.234. The Morgan fingerprint density at radius 2 is 1.93 bits per heavy atom. The number of benzene rings is 1. The topological polar surface area (TPSA) is 99.1 Å². The SMILES string of the molecule is CCc1cc(CNc2ccc(-c3nc(COc4ccccc4)no3)cn2)on1. The molecule has 0 spiro atoms. The molecule has 0 aliphatic heterocycles. The number of ether oxygens (including phenoxy) is 1. The predicted molar refractivity (Wildman–Crippen MR) is 102 cm³/mol. The van der Waals surface area contributed by atoms with Crippen LogP contribution in [0.2, 0.25) is 0 Å². The molecular formula is C20H19N5O3. The van der Waals surface area contributed by atoms with E-state index < -0.39 is 0 Å². The molecule has 0 aliphatic rings. The van der Waals surface area contributed by atoms with Crippen LogP contribution in [0.5, 0.6) is 5.75 Å². The smallest absolute Gasteiger partial charge is 0.259 e. The molecule has 0 unspecified atom stereocenters. The van der Waals surface area contributed by atoms with Gasteiger partial charge in [-0.3, -0.25) is 0 Å². The highest BCUT2D eigenvalue weighted by molar-refractivity contribution is 5.54. The van der Waals surface area contributed by atoms with Crippen LogP contribution in [0, 0.1) is 0 Å². The first-order valence-corrected chi connectivity index (χ1v) is 8.95. The van der Waals surface area contributed by atoms with Crippen molar-refractivity contribution < 1.29 is 13.8 Å². The summed E-state index contributed by atoms with van der Waals surface area (Å²) in [6.45, 7) is 2.78. The number of aryl methyl sites for hydroxylation is 1. The van der Waals surface area contributed by atoms with Crippen molar-refractivity contribution in [1.29, 1.82) is 0 Å². The van der Waals surface area contributed by atoms with Gasteiger partial charge >= 0.3 is 0 Å². The van der Waals surface area contributed by atoms with Crippen molar-refractivity contribution in [3.05, 3.63) is 72.0 Å². The number of nitrogens with one attached hydrogen (secondary N) is 1. The molecule has 4 aromatic rings. The van der Waals surface area contributed by atoms with Crippen LogP contribution in [-0.2, 0) is 19.6 Å². The summed E-state index contributed by atoms with van der Waals surface area (Å²) in [7, 11) is 0. The highest BCUT2D eigenvalue weighted by Gasteiger charge is 2.10. The van der Waals surface area contributed by atoms with E-state index in [4.69, 9.17) is 13.8 Å². The molecule has 0 aliphatic carbocycles. The molecule has 0 amide bonds. The molecule has 8 nitrogen and oxygen atoms in total. The number of aromatic nitrogens is 4. The molecule has 28 heavy (non-hydrogen) atoms. The molecule has 3 heterocycles. The Bertz CT molecular complexity index is 1010. The highest BCUT2D eigenvalue weighted by Crippen LogP contribution is 2.19. The molecule has 3 aromatic heterocycles. The third-order valence-corrected chi connectivity index (χ3v) is 4.00. The van der Waals surface area contributed by atoms with E-state index in [1.54, 1.807) is 6.20 Å². The monoisotopic (exact) mass is 377 g/mol. The molecule has 4 rings (SSSR count). The molecule has 1 N–H and O–H groups in total. The van der Waals surface area contributed by atoms with Gasteiger partial charge in [-0.05, 0) is 30.7 Å². The lowest BCUT2D eigenvalue weighted by Gasteiger charge is -2.03. The largest absolute Gasteiger partial charge is 0.485 e. The maximum Gasteiger partial charge on any atom is 0.259 e. The Balaban J connectivity index is 1.34. The fourth-order valence-corrected chi connectivity index (χ4v) is 2.50. The van der Waals surface area contributed by atoms with E-state index in [0.29, 0.717) is 24.1 Å². The number of rotatable bonds is 8. The Morgan fingerprint density at radius 3 is 2.68 bits per heavy atom. The first-order valence-electron chi connectivity index (χ1n) is 8.95. The van der Waals surface area contributed by atoms with Gasteiger partial charge in [0.25, 0.3) is 5.89 Å². The van der Waals surface area contributed by atoms with Crippen LogP contribution in [0.25, 0.3) is 11.5 Å². The van der Waals surface area contributed by atoms with Crippen molar-refractivity contribution >= 4 is 5.82 Å². The molecule has 0 saturated heterocycles. The highest BCUT2D eigenvalue weighted by atomic mass is 16.5. The summed E-state index contributed by atoms with van der Waals surface area (Å²) in [5.74, 6) is 3.10. The number of pyridine rings is 1. The molecule has 0 saturated carbocycles. The average Bonchev–Trinajstić information content (AvgIpc) is 3.41. The van der Waals surface area contributed by atoms with E-state index in [0.717, 1.165) is 29.2 Å². The molecule has 8 heteroatoms. The molecule has 1 aromatic carbocycles. The average molecular weight is 377 g/mol. The lowest BCUT2D eigenvalue weighted by molar-refractivity contribution is 0.287. The lowest BCUT2D eigenvalue weighted by Crippen LogP contribution is -2.00. The van der Waals surface area contributed by atoms with Gasteiger partial charge in [0.05, 0.1) is 17.8 Å². The van der Waals surface area contributed by atoms with Crippen LogP contribution in [-0.4, -0.2) is 20.3 Å². The van der Waals surface area contributed by atoms with E-state index in [-0.39, 0.29) is 6.61 Å². The Morgan fingerprint density at radius 1 is 1.04 bits per heavy atom. The molecular weight excluding hydrogens is 358 g/mol. The molecule has 0 radical (unpaired) electrons. The second-order valence-electron chi connectivity index (χ2n) is 6.04. The fourth-order valence-electron chi connectivity index (χ4n) is 2.50. The van der Waals surface area contributed by atoms with Gasteiger partial charge in [0, 0.05) is 12.3 Å². The van der Waals surface area contributed by atoms with Gasteiger partial charge in [-0.1, -0.05) is 35.4 Å². The quantitative estimate of drug-likeness (QED) is 0.494. The summed E-state index contributed by atoms with van der Waals surface area (Å²) in [4.78, 5) is 8.71. The Kier molecular flexibility index (Phi) is 5.28. The summed E-state index contributed by atoms with van der Waals surface area (Å²) in [6.07, 6.45) is 2.52. The van der Waals surface area contributed by atoms with Crippen LogP contribution in [0.4, 0.5) is 5.82 Å². The van der Waals surface area contributed by atoms with E-state index >= 15 is 0 Å². The Hall–Kier alpha value is -3.68. The fraction of sp³-hybridized carbons (Fsp3) is 0.200. The zero-order valence-corrected chi connectivity index (χ0v) is 15.3. The van der Waals surface area contributed by atoms with Crippen molar-refractivity contribution in [3.8, 4) is 17.2 Å². The minimum Gasteiger partial charge on any atom is -0.485 e. The predicted octanol–water partition coefficient (Wildman–Crippen LogP) is 3.87. The summed E-state index contributed by atoms with van der Waals surface area (Å²) in [5, 5.41) is 11.1. The molecule has 0 bridgehead atoms. The zero-order valence-electron chi connectivity index (χ0n) is 15.3. The third-order valence-electron chi connectivity index (χ3n) is 4.00. The van der Waals surface area contributed by atoms with E-state index in [2.05, 4.69) is 25.6 Å². The van der Waals surface area contributed by atoms with Gasteiger partial charge in [0.1, 0.15) is 11.6 Å². The van der Waals surface area contributed by atoms with Crippen molar-refractivity contribution in [2.45, 2.75) is 26.5 Å². The summed E-state index contributed by atoms with van der Waals surface area (Å²) < 4.78 is 16.2. The van der Waals surface area contributed by atoms with Crippen LogP contribution in [0.3, 0.4) is 0 Å². The van der Waals surface area contributed by atoms with E-state index in [9.17, 15) is 0 Å². The van der Waals surface area contributed by atoms with E-state index in [1.807, 2.05) is 55.5 Å².